The summed E-state index contributed by atoms with van der Waals surface area (Å²) in [7, 11) is -4.05. The van der Waals surface area contributed by atoms with Crippen LogP contribution in [0, 0.1) is 0 Å². The van der Waals surface area contributed by atoms with Crippen LogP contribution < -0.4 is 15.6 Å². The Morgan fingerprint density at radius 3 is 2.52 bits per heavy atom. The van der Waals surface area contributed by atoms with E-state index in [1.54, 1.807) is 12.1 Å². The van der Waals surface area contributed by atoms with Crippen LogP contribution in [-0.2, 0) is 18.3 Å². The van der Waals surface area contributed by atoms with Gasteiger partial charge in [-0.3, -0.25) is 0 Å². The average molecular weight is 416 g/mol. The fourth-order valence-corrected chi connectivity index (χ4v) is 3.07. The van der Waals surface area contributed by atoms with Crippen LogP contribution in [0.5, 0.6) is 0 Å². The number of carbonyl (C=O) groups excluding carboxylic acids is 1. The molecule has 0 aliphatic heterocycles. The van der Waals surface area contributed by atoms with Crippen molar-refractivity contribution < 1.29 is 31.4 Å². The van der Waals surface area contributed by atoms with E-state index in [4.69, 9.17) is 10.5 Å². The van der Waals surface area contributed by atoms with Gasteiger partial charge in [0.15, 0.2) is 0 Å². The topological polar surface area (TPSA) is 73.2 Å². The highest BCUT2D eigenvalue weighted by Gasteiger charge is 2.20. The molecule has 1 aliphatic rings. The Kier molecular flexibility index (Phi) is 7.92. The molecule has 1 aromatic carbocycles. The molecule has 0 bridgehead atoms. The van der Waals surface area contributed by atoms with Crippen LogP contribution in [0.15, 0.2) is 36.9 Å². The number of hydrogen-bond donors (Lipinski definition) is 2. The minimum Gasteiger partial charge on any atom is -0.458 e. The summed E-state index contributed by atoms with van der Waals surface area (Å²) in [6, 6.07) is 5.82. The Balaban J connectivity index is 0.000000537. The maximum atomic E-state index is 12.1. The number of carbonyl (C=O) groups is 1. The number of nitrogens with one attached hydrogen (secondary N) is 1. The molecule has 3 N–H and O–H groups in total. The molecule has 0 amide bonds. The monoisotopic (exact) mass is 416 g/mol. The first-order chi connectivity index (χ1) is 13.6. The van der Waals surface area contributed by atoms with Crippen molar-refractivity contribution in [2.45, 2.75) is 38.3 Å². The average Bonchev–Trinajstić information content (AvgIpc) is 3.27. The molecule has 160 valence electrons. The van der Waals surface area contributed by atoms with Crippen molar-refractivity contribution in [3.05, 3.63) is 42.5 Å². The zero-order chi connectivity index (χ0) is 21.4. The maximum absolute atomic E-state index is 12.1. The van der Waals surface area contributed by atoms with E-state index in [-0.39, 0.29) is 5.97 Å². The van der Waals surface area contributed by atoms with E-state index < -0.39 is 7.25 Å². The van der Waals surface area contributed by atoms with Crippen LogP contribution in [0.2, 0.25) is 0 Å². The van der Waals surface area contributed by atoms with Crippen LogP contribution in [0.1, 0.15) is 36.0 Å². The highest BCUT2D eigenvalue weighted by Crippen LogP contribution is 2.26. The molecule has 11 heteroatoms. The summed E-state index contributed by atoms with van der Waals surface area (Å²) in [5.74, 6) is -0.342. The van der Waals surface area contributed by atoms with Crippen LogP contribution in [-0.4, -0.2) is 30.4 Å². The van der Waals surface area contributed by atoms with Crippen LogP contribution in [0.25, 0.3) is 0 Å². The van der Waals surface area contributed by atoms with E-state index in [9.17, 15) is 22.1 Å². The summed E-state index contributed by atoms with van der Waals surface area (Å²) in [5, 5.41) is 3.46. The predicted molar refractivity (Wildman–Crippen MR) is 103 cm³/mol. The van der Waals surface area contributed by atoms with E-state index in [1.807, 2.05) is 41.0 Å². The highest BCUT2D eigenvalue weighted by molar-refractivity contribution is 6.50. The van der Waals surface area contributed by atoms with Gasteiger partial charge < -0.3 is 33.0 Å². The molecule has 3 rings (SSSR count). The Bertz CT molecular complexity index is 801. The minimum atomic E-state index is -6.00. The van der Waals surface area contributed by atoms with Crippen molar-refractivity contribution in [2.75, 3.05) is 17.7 Å². The number of anilines is 2. The van der Waals surface area contributed by atoms with Gasteiger partial charge in [-0.2, -0.15) is 0 Å². The predicted octanol–water partition coefficient (Wildman–Crippen LogP) is 3.41. The molecule has 2 aromatic rings. The highest BCUT2D eigenvalue weighted by atomic mass is 19.5. The third kappa shape index (κ3) is 8.45. The fraction of sp³-hybridized carbons (Fsp3) is 0.444. The third-order valence-corrected chi connectivity index (χ3v) is 4.41. The Hall–Kier alpha value is -2.72. The number of nitrogens with zero attached hydrogens (tertiary/aromatic N) is 2. The van der Waals surface area contributed by atoms with Gasteiger partial charge in [0.2, 0.25) is 6.33 Å². The molecule has 0 atom stereocenters. The van der Waals surface area contributed by atoms with Gasteiger partial charge in [-0.15, -0.1) is 0 Å². The van der Waals surface area contributed by atoms with Gasteiger partial charge in [0, 0.05) is 6.04 Å². The largest absolute Gasteiger partial charge is 0.673 e. The summed E-state index contributed by atoms with van der Waals surface area (Å²) < 4.78 is 48.2. The lowest BCUT2D eigenvalue weighted by Crippen LogP contribution is -2.24. The molecule has 0 spiro atoms. The fourth-order valence-electron chi connectivity index (χ4n) is 3.07. The van der Waals surface area contributed by atoms with Crippen LogP contribution in [0.4, 0.5) is 28.6 Å². The molecule has 0 unspecified atom stereocenters. The van der Waals surface area contributed by atoms with E-state index in [2.05, 4.69) is 5.32 Å². The second-order valence-electron chi connectivity index (χ2n) is 6.88. The lowest BCUT2D eigenvalue weighted by molar-refractivity contribution is -0.671. The second-order valence-corrected chi connectivity index (χ2v) is 6.88. The van der Waals surface area contributed by atoms with Gasteiger partial charge in [-0.1, -0.05) is 12.8 Å². The van der Waals surface area contributed by atoms with Gasteiger partial charge >= 0.3 is 13.2 Å². The first-order valence-electron chi connectivity index (χ1n) is 9.33. The molecule has 6 nitrogen and oxygen atoms in total. The number of halogens is 4. The number of esters is 1. The molecular formula is C18H25BF4N4O2. The molecule has 1 aromatic heterocycles. The van der Waals surface area contributed by atoms with Gasteiger partial charge in [-0.05, 0) is 31.0 Å². The first-order valence-corrected chi connectivity index (χ1v) is 9.33. The standard InChI is InChI=1S/C18H24N4O2.BF4/c1-21-8-9-22(13-21)10-11-24-18(23)14-6-7-17(16(19)12-14)20-15-4-2-3-5-15;2-1(3,4)5/h6-9,12-13,15H,2-5,10-11,19H2,1H3;/q;-1/p+1. The Morgan fingerprint density at radius 2 is 1.97 bits per heavy atom. The minimum absolute atomic E-state index is 0.329. The number of aryl methyl sites for hydroxylation is 1. The molecule has 1 heterocycles. The number of benzene rings is 1. The zero-order valence-corrected chi connectivity index (χ0v) is 16.2. The van der Waals surface area contributed by atoms with Gasteiger partial charge in [0.05, 0.1) is 24.0 Å². The Morgan fingerprint density at radius 1 is 1.31 bits per heavy atom. The van der Waals surface area contributed by atoms with Gasteiger partial charge in [0.1, 0.15) is 25.5 Å². The lowest BCUT2D eigenvalue weighted by atomic mass is 10.1. The molecule has 0 saturated heterocycles. The second kappa shape index (κ2) is 10.2. The number of nitrogen functional groups attached to an aromatic ring is 1. The molecule has 1 saturated carbocycles. The molecule has 1 aliphatic carbocycles. The summed E-state index contributed by atoms with van der Waals surface area (Å²) in [6.07, 6.45) is 10.7. The van der Waals surface area contributed by atoms with Crippen molar-refractivity contribution in [3.8, 4) is 0 Å². The quantitative estimate of drug-likeness (QED) is 0.249. The number of nitrogens with two attached hydrogens (primary N) is 1. The summed E-state index contributed by atoms with van der Waals surface area (Å²) in [4.78, 5) is 12.1. The molecule has 29 heavy (non-hydrogen) atoms. The summed E-state index contributed by atoms with van der Waals surface area (Å²) in [6.45, 7) is 0.957. The number of hydrogen-bond acceptors (Lipinski definition) is 4. The van der Waals surface area contributed by atoms with E-state index in [0.717, 1.165) is 5.69 Å². The van der Waals surface area contributed by atoms with Gasteiger partial charge in [0.25, 0.3) is 0 Å². The number of aromatic nitrogens is 2. The van der Waals surface area contributed by atoms with Crippen molar-refractivity contribution in [3.63, 3.8) is 0 Å². The SMILES string of the molecule is C[n+]1ccn(CCOC(=O)c2ccc(NC3CCCC3)c(N)c2)c1.F[B-](F)(F)F. The van der Waals surface area contributed by atoms with E-state index in [1.165, 1.54) is 25.7 Å². The molecule has 1 fully saturated rings. The smallest absolute Gasteiger partial charge is 0.458 e. The molecular weight excluding hydrogens is 391 g/mol. The maximum Gasteiger partial charge on any atom is 0.673 e. The van der Waals surface area contributed by atoms with Crippen molar-refractivity contribution in [1.82, 2.24) is 4.57 Å². The summed E-state index contributed by atoms with van der Waals surface area (Å²) in [5.41, 5.74) is 8.06. The normalized spacial score (nSPS) is 14.2. The Labute approximate surface area is 166 Å². The van der Waals surface area contributed by atoms with Gasteiger partial charge in [-0.25, -0.2) is 13.9 Å². The number of ether oxygens (including phenoxy) is 1. The third-order valence-electron chi connectivity index (χ3n) is 4.41. The number of imidazole rings is 1. The van der Waals surface area contributed by atoms with Crippen molar-refractivity contribution >= 4 is 24.6 Å². The van der Waals surface area contributed by atoms with E-state index >= 15 is 0 Å². The molecule has 0 radical (unpaired) electrons. The van der Waals surface area contributed by atoms with Crippen LogP contribution in [0.3, 0.4) is 0 Å². The van der Waals surface area contributed by atoms with Crippen LogP contribution >= 0.6 is 0 Å². The summed E-state index contributed by atoms with van der Waals surface area (Å²) >= 11 is 0. The zero-order valence-electron chi connectivity index (χ0n) is 16.2. The lowest BCUT2D eigenvalue weighted by Gasteiger charge is -2.16. The number of rotatable bonds is 6. The first kappa shape index (κ1) is 22.6. The van der Waals surface area contributed by atoms with Crippen molar-refractivity contribution in [2.24, 2.45) is 7.05 Å². The van der Waals surface area contributed by atoms with E-state index in [0.29, 0.717) is 30.4 Å². The van der Waals surface area contributed by atoms with Crippen molar-refractivity contribution in [1.29, 1.82) is 0 Å².